The van der Waals surface area contributed by atoms with Gasteiger partial charge in [-0.1, -0.05) is 33.1 Å². The molecule has 176 valence electrons. The molecule has 0 saturated heterocycles. The van der Waals surface area contributed by atoms with Crippen molar-refractivity contribution >= 4 is 33.5 Å². The predicted octanol–water partition coefficient (Wildman–Crippen LogP) is -1.36. The third-order valence-corrected chi connectivity index (χ3v) is 7.10. The van der Waals surface area contributed by atoms with Gasteiger partial charge in [0.2, 0.25) is 0 Å². The zero-order chi connectivity index (χ0) is 22.0. The minimum absolute atomic E-state index is 0. The van der Waals surface area contributed by atoms with Crippen LogP contribution in [0.4, 0.5) is 0 Å². The minimum atomic E-state index is -1.13. The van der Waals surface area contributed by atoms with E-state index in [2.05, 4.69) is 0 Å². The standard InChI is InChI=1S/C8H18N2.2C5H10O3S.Pt/c9-6-8(7-10)4-2-1-3-5-8;2*1-2-9(8)4-3-5(6)7;/h1-7,9-10H2;2*2-4H2,1H3,(H,6,7);/q;;;+2/p-2. The van der Waals surface area contributed by atoms with Gasteiger partial charge in [-0.15, -0.1) is 0 Å². The molecule has 1 rings (SSSR count). The maximum Gasteiger partial charge on any atom is 2.00 e. The number of hydrogen-bond donors (Lipinski definition) is 2. The van der Waals surface area contributed by atoms with Crippen molar-refractivity contribution in [1.29, 1.82) is 0 Å². The van der Waals surface area contributed by atoms with Gasteiger partial charge >= 0.3 is 21.1 Å². The minimum Gasteiger partial charge on any atom is -0.550 e. The van der Waals surface area contributed by atoms with Crippen molar-refractivity contribution < 1.29 is 49.3 Å². The summed E-state index contributed by atoms with van der Waals surface area (Å²) < 4.78 is 21.1. The second-order valence-corrected chi connectivity index (χ2v) is 10.3. The number of nitrogens with two attached hydrogens (primary N) is 2. The van der Waals surface area contributed by atoms with Crippen molar-refractivity contribution in [2.24, 2.45) is 16.9 Å². The average molecular weight is 636 g/mol. The summed E-state index contributed by atoms with van der Waals surface area (Å²) in [6.07, 6.45) is 6.34. The quantitative estimate of drug-likeness (QED) is 0.297. The van der Waals surface area contributed by atoms with Gasteiger partial charge in [-0.05, 0) is 44.2 Å². The zero-order valence-electron chi connectivity index (χ0n) is 17.4. The summed E-state index contributed by atoms with van der Waals surface area (Å²) in [6, 6.07) is 0. The summed E-state index contributed by atoms with van der Waals surface area (Å²) in [4.78, 5) is 19.5. The topological polar surface area (TPSA) is 166 Å². The van der Waals surface area contributed by atoms with Crippen molar-refractivity contribution in [3.8, 4) is 0 Å². The predicted molar refractivity (Wildman–Crippen MR) is 110 cm³/mol. The van der Waals surface area contributed by atoms with Gasteiger partial charge in [-0.2, -0.15) is 0 Å². The van der Waals surface area contributed by atoms with E-state index >= 15 is 0 Å². The van der Waals surface area contributed by atoms with E-state index in [1.165, 1.54) is 32.1 Å². The number of carboxylic acid groups (broad SMARTS) is 2. The van der Waals surface area contributed by atoms with Crippen LogP contribution in [0.2, 0.25) is 0 Å². The van der Waals surface area contributed by atoms with Gasteiger partial charge in [0.1, 0.15) is 0 Å². The third-order valence-electron chi connectivity index (χ3n) is 4.49. The molecule has 1 aliphatic carbocycles. The molecule has 0 bridgehead atoms. The van der Waals surface area contributed by atoms with Crippen molar-refractivity contribution in [3.05, 3.63) is 0 Å². The van der Waals surface area contributed by atoms with E-state index in [1.54, 1.807) is 13.8 Å². The largest absolute Gasteiger partial charge is 2.00 e. The van der Waals surface area contributed by atoms with Crippen LogP contribution >= 0.6 is 0 Å². The summed E-state index contributed by atoms with van der Waals surface area (Å²) >= 11 is 0. The van der Waals surface area contributed by atoms with E-state index < -0.39 is 33.5 Å². The molecule has 1 saturated carbocycles. The molecule has 1 aliphatic rings. The zero-order valence-corrected chi connectivity index (χ0v) is 21.3. The molecule has 2 atom stereocenters. The fourth-order valence-electron chi connectivity index (χ4n) is 2.48. The molecule has 0 amide bonds. The monoisotopic (exact) mass is 635 g/mol. The summed E-state index contributed by atoms with van der Waals surface area (Å²) in [7, 11) is -1.94. The fourth-order valence-corrected chi connectivity index (χ4v) is 3.84. The first-order chi connectivity index (χ1) is 13.2. The Morgan fingerprint density at radius 1 is 0.828 bits per heavy atom. The SMILES string of the molecule is CCS(=O)CCC(=O)[O-].CCS(=O)CCC(=O)[O-].NCC1(CN)CCCCC1.[Pt+2]. The van der Waals surface area contributed by atoms with E-state index in [4.69, 9.17) is 11.5 Å². The maximum absolute atomic E-state index is 10.5. The first-order valence-electron chi connectivity index (χ1n) is 9.66. The van der Waals surface area contributed by atoms with Gasteiger partial charge < -0.3 is 31.3 Å². The van der Waals surface area contributed by atoms with Gasteiger partial charge in [0.15, 0.2) is 0 Å². The Morgan fingerprint density at radius 3 is 1.38 bits per heavy atom. The molecule has 1 fully saturated rings. The van der Waals surface area contributed by atoms with Crippen LogP contribution in [-0.4, -0.2) is 56.5 Å². The van der Waals surface area contributed by atoms with Gasteiger partial charge in [-0.25, -0.2) is 0 Å². The molecule has 11 heteroatoms. The molecular weight excluding hydrogens is 599 g/mol. The van der Waals surface area contributed by atoms with Crippen molar-refractivity contribution in [3.63, 3.8) is 0 Å². The van der Waals surface area contributed by atoms with E-state index in [9.17, 15) is 28.2 Å². The van der Waals surface area contributed by atoms with Crippen LogP contribution < -0.4 is 21.7 Å². The molecule has 0 spiro atoms. The Morgan fingerprint density at radius 2 is 1.17 bits per heavy atom. The van der Waals surface area contributed by atoms with Crippen molar-refractivity contribution in [2.75, 3.05) is 36.1 Å². The number of hydrogen-bond acceptors (Lipinski definition) is 8. The average Bonchev–Trinajstić information content (AvgIpc) is 2.71. The number of aliphatic carboxylic acids is 2. The molecule has 29 heavy (non-hydrogen) atoms. The molecule has 0 aromatic carbocycles. The number of carboxylic acids is 2. The molecule has 0 aromatic heterocycles. The third kappa shape index (κ3) is 20.9. The van der Waals surface area contributed by atoms with Gasteiger partial charge in [0, 0.05) is 56.5 Å². The molecule has 0 aromatic rings. The smallest absolute Gasteiger partial charge is 0.550 e. The summed E-state index contributed by atoms with van der Waals surface area (Å²) in [5.74, 6) is -0.772. The Hall–Kier alpha value is -0.152. The van der Waals surface area contributed by atoms with E-state index in [1.807, 2.05) is 0 Å². The normalized spacial score (nSPS) is 16.6. The van der Waals surface area contributed by atoms with Crippen LogP contribution in [0.15, 0.2) is 0 Å². The van der Waals surface area contributed by atoms with Gasteiger partial charge in [0.05, 0.1) is 0 Å². The summed E-state index contributed by atoms with van der Waals surface area (Å²) in [5, 5.41) is 19.5. The molecule has 0 radical (unpaired) electrons. The van der Waals surface area contributed by atoms with Gasteiger partial charge in [0.25, 0.3) is 0 Å². The van der Waals surface area contributed by atoms with Crippen LogP contribution in [0.25, 0.3) is 0 Å². The molecule has 0 aliphatic heterocycles. The number of carbonyl (C=O) groups is 2. The van der Waals surface area contributed by atoms with Gasteiger partial charge in [-0.3, -0.25) is 8.42 Å². The Bertz CT molecular complexity index is 453. The van der Waals surface area contributed by atoms with E-state index in [0.717, 1.165) is 13.1 Å². The van der Waals surface area contributed by atoms with Crippen LogP contribution in [0, 0.1) is 5.41 Å². The Labute approximate surface area is 194 Å². The van der Waals surface area contributed by atoms with E-state index in [-0.39, 0.29) is 45.4 Å². The second kappa shape index (κ2) is 21.1. The summed E-state index contributed by atoms with van der Waals surface area (Å²) in [6.45, 7) is 5.07. The van der Waals surface area contributed by atoms with Crippen LogP contribution in [0.1, 0.15) is 58.8 Å². The molecule has 8 nitrogen and oxygen atoms in total. The first-order valence-corrected chi connectivity index (χ1v) is 12.6. The van der Waals surface area contributed by atoms with Crippen LogP contribution in [0.3, 0.4) is 0 Å². The van der Waals surface area contributed by atoms with Crippen LogP contribution in [-0.2, 0) is 52.3 Å². The van der Waals surface area contributed by atoms with Crippen molar-refractivity contribution in [1.82, 2.24) is 0 Å². The fraction of sp³-hybridized carbons (Fsp3) is 0.889. The molecule has 4 N–H and O–H groups in total. The molecule has 2 unspecified atom stereocenters. The number of carbonyl (C=O) groups excluding carboxylic acids is 2. The Kier molecular flexibility index (Phi) is 24.4. The number of rotatable bonds is 10. The maximum atomic E-state index is 10.5. The summed E-state index contributed by atoms with van der Waals surface area (Å²) in [5.41, 5.74) is 11.7. The van der Waals surface area contributed by atoms with E-state index in [0.29, 0.717) is 16.9 Å². The second-order valence-electron chi connectivity index (χ2n) is 6.58. The molecule has 0 heterocycles. The van der Waals surface area contributed by atoms with Crippen LogP contribution in [0.5, 0.6) is 0 Å². The van der Waals surface area contributed by atoms with Crippen molar-refractivity contribution in [2.45, 2.75) is 58.8 Å². The first kappa shape index (κ1) is 33.5. The Balaban J connectivity index is -0.000000345. The molecular formula is C18H36N2O6PtS2.